The molecule has 0 aromatic heterocycles. The maximum absolute atomic E-state index is 13.3. The summed E-state index contributed by atoms with van der Waals surface area (Å²) >= 11 is 0. The summed E-state index contributed by atoms with van der Waals surface area (Å²) in [6.45, 7) is 2.31. The molecule has 2 heteroatoms. The van der Waals surface area contributed by atoms with Crippen molar-refractivity contribution in [2.75, 3.05) is 0 Å². The van der Waals surface area contributed by atoms with E-state index in [-0.39, 0.29) is 0 Å². The molecule has 2 atom stereocenters. The van der Waals surface area contributed by atoms with Crippen LogP contribution < -0.4 is 0 Å². The van der Waals surface area contributed by atoms with Crippen LogP contribution in [0.15, 0.2) is 18.2 Å². The van der Waals surface area contributed by atoms with E-state index in [1.54, 1.807) is 6.07 Å². The molecular weight excluding hydrogens is 302 g/mol. The van der Waals surface area contributed by atoms with Crippen molar-refractivity contribution in [1.82, 2.24) is 0 Å². The van der Waals surface area contributed by atoms with Crippen molar-refractivity contribution >= 4 is 0 Å². The van der Waals surface area contributed by atoms with E-state index in [0.29, 0.717) is 0 Å². The molecule has 0 nitrogen and oxygen atoms in total. The van der Waals surface area contributed by atoms with Gasteiger partial charge >= 0.3 is 0 Å². The van der Waals surface area contributed by atoms with Crippen LogP contribution >= 0.6 is 0 Å². The second kappa shape index (κ2) is 8.45. The molecule has 1 aromatic rings. The van der Waals surface area contributed by atoms with E-state index in [4.69, 9.17) is 0 Å². The van der Waals surface area contributed by atoms with Gasteiger partial charge in [0.05, 0.1) is 0 Å². The van der Waals surface area contributed by atoms with Gasteiger partial charge in [-0.05, 0) is 79.9 Å². The van der Waals surface area contributed by atoms with Crippen LogP contribution in [0.5, 0.6) is 0 Å². The third-order valence-electron chi connectivity index (χ3n) is 6.66. The summed E-state index contributed by atoms with van der Waals surface area (Å²) in [5.41, 5.74) is 0.939. The number of hydrogen-bond acceptors (Lipinski definition) is 0. The average molecular weight is 334 g/mol. The highest BCUT2D eigenvalue weighted by Gasteiger charge is 2.32. The Hall–Kier alpha value is -0.920. The Labute approximate surface area is 146 Å². The first kappa shape index (κ1) is 17.9. The van der Waals surface area contributed by atoms with E-state index >= 15 is 0 Å². The van der Waals surface area contributed by atoms with Crippen LogP contribution in [0.3, 0.4) is 0 Å². The summed E-state index contributed by atoms with van der Waals surface area (Å²) < 4.78 is 26.3. The number of benzene rings is 1. The van der Waals surface area contributed by atoms with E-state index in [1.807, 2.05) is 0 Å². The Morgan fingerprint density at radius 1 is 0.833 bits per heavy atom. The monoisotopic (exact) mass is 334 g/mol. The van der Waals surface area contributed by atoms with E-state index in [1.165, 1.54) is 69.9 Å². The molecule has 134 valence electrons. The van der Waals surface area contributed by atoms with Gasteiger partial charge in [0.25, 0.3) is 0 Å². The van der Waals surface area contributed by atoms with Crippen LogP contribution in [-0.4, -0.2) is 0 Å². The Morgan fingerprint density at radius 2 is 1.54 bits per heavy atom. The minimum absolute atomic E-state index is 0.709. The fourth-order valence-corrected chi connectivity index (χ4v) is 5.23. The molecule has 0 amide bonds. The molecule has 0 saturated heterocycles. The molecule has 2 aliphatic carbocycles. The lowest BCUT2D eigenvalue weighted by Gasteiger charge is -2.32. The van der Waals surface area contributed by atoms with Crippen molar-refractivity contribution in [3.05, 3.63) is 35.4 Å². The Balaban J connectivity index is 1.40. The fraction of sp³-hybridized carbons (Fsp3) is 0.727. The highest BCUT2D eigenvalue weighted by atomic mass is 19.2. The maximum atomic E-state index is 13.3. The smallest absolute Gasteiger partial charge is 0.159 e. The zero-order chi connectivity index (χ0) is 16.9. The highest BCUT2D eigenvalue weighted by molar-refractivity contribution is 5.17. The predicted octanol–water partition coefficient (Wildman–Crippen LogP) is 6.92. The van der Waals surface area contributed by atoms with E-state index in [9.17, 15) is 8.78 Å². The van der Waals surface area contributed by atoms with Gasteiger partial charge in [-0.3, -0.25) is 0 Å². The van der Waals surface area contributed by atoms with Crippen LogP contribution in [-0.2, 0) is 6.42 Å². The number of hydrogen-bond donors (Lipinski definition) is 0. The highest BCUT2D eigenvalue weighted by Crippen LogP contribution is 2.44. The fourth-order valence-electron chi connectivity index (χ4n) is 5.23. The van der Waals surface area contributed by atoms with Gasteiger partial charge in [0.15, 0.2) is 11.6 Å². The topological polar surface area (TPSA) is 0 Å². The molecule has 0 bridgehead atoms. The maximum Gasteiger partial charge on any atom is 0.159 e. The lowest BCUT2D eigenvalue weighted by molar-refractivity contribution is 0.196. The Kier molecular flexibility index (Phi) is 6.30. The second-order valence-corrected chi connectivity index (χ2v) is 8.30. The second-order valence-electron chi connectivity index (χ2n) is 8.30. The van der Waals surface area contributed by atoms with Crippen molar-refractivity contribution in [3.63, 3.8) is 0 Å². The van der Waals surface area contributed by atoms with Crippen LogP contribution in [0.1, 0.15) is 76.7 Å². The minimum Gasteiger partial charge on any atom is -0.204 e. The standard InChI is InChI=1S/C22H32F2/c1-2-3-17-8-12-20(14-17)19-10-6-16(7-11-19)4-5-18-9-13-21(23)22(24)15-18/h9,13,15-17,19-20H,2-8,10-12,14H2,1H3. The zero-order valence-electron chi connectivity index (χ0n) is 15.1. The van der Waals surface area contributed by atoms with Gasteiger partial charge in [-0.15, -0.1) is 0 Å². The van der Waals surface area contributed by atoms with Crippen LogP contribution in [0, 0.1) is 35.3 Å². The molecule has 0 aliphatic heterocycles. The van der Waals surface area contributed by atoms with Gasteiger partial charge in [-0.1, -0.05) is 45.1 Å². The molecule has 0 heterocycles. The SMILES string of the molecule is CCCC1CCC(C2CCC(CCc3ccc(F)c(F)c3)CC2)C1. The Bertz CT molecular complexity index is 517. The zero-order valence-corrected chi connectivity index (χ0v) is 15.1. The third kappa shape index (κ3) is 4.58. The quantitative estimate of drug-likeness (QED) is 0.529. The van der Waals surface area contributed by atoms with Crippen molar-refractivity contribution in [3.8, 4) is 0 Å². The molecule has 0 spiro atoms. The summed E-state index contributed by atoms with van der Waals surface area (Å²) in [4.78, 5) is 0. The van der Waals surface area contributed by atoms with Gasteiger partial charge in [0, 0.05) is 0 Å². The van der Waals surface area contributed by atoms with Crippen molar-refractivity contribution in [1.29, 1.82) is 0 Å². The first-order chi connectivity index (χ1) is 11.7. The summed E-state index contributed by atoms with van der Waals surface area (Å²) in [6, 6.07) is 4.36. The van der Waals surface area contributed by atoms with Gasteiger partial charge in [-0.2, -0.15) is 0 Å². The van der Waals surface area contributed by atoms with Gasteiger partial charge in [-0.25, -0.2) is 8.78 Å². The summed E-state index contributed by atoms with van der Waals surface area (Å²) in [6.07, 6.45) is 14.7. The average Bonchev–Trinajstić information content (AvgIpc) is 3.05. The normalized spacial score (nSPS) is 30.6. The van der Waals surface area contributed by atoms with Gasteiger partial charge < -0.3 is 0 Å². The predicted molar refractivity (Wildman–Crippen MR) is 95.9 cm³/mol. The molecule has 0 N–H and O–H groups in total. The lowest BCUT2D eigenvalue weighted by atomic mass is 9.73. The molecule has 2 saturated carbocycles. The summed E-state index contributed by atoms with van der Waals surface area (Å²) in [7, 11) is 0. The Morgan fingerprint density at radius 3 is 2.25 bits per heavy atom. The first-order valence-electron chi connectivity index (χ1n) is 10.1. The van der Waals surface area contributed by atoms with E-state index in [0.717, 1.165) is 42.1 Å². The van der Waals surface area contributed by atoms with Crippen LogP contribution in [0.25, 0.3) is 0 Å². The van der Waals surface area contributed by atoms with Gasteiger partial charge in [0.2, 0.25) is 0 Å². The molecule has 2 unspecified atom stereocenters. The van der Waals surface area contributed by atoms with Crippen molar-refractivity contribution < 1.29 is 8.78 Å². The van der Waals surface area contributed by atoms with Crippen molar-refractivity contribution in [2.45, 2.75) is 77.6 Å². The molecule has 24 heavy (non-hydrogen) atoms. The summed E-state index contributed by atoms with van der Waals surface area (Å²) in [5, 5.41) is 0. The molecule has 1 aromatic carbocycles. The number of aryl methyl sites for hydroxylation is 1. The number of rotatable bonds is 6. The van der Waals surface area contributed by atoms with Crippen LogP contribution in [0.2, 0.25) is 0 Å². The molecular formula is C22H32F2. The molecule has 2 fully saturated rings. The summed E-state index contributed by atoms with van der Waals surface area (Å²) in [5.74, 6) is 2.30. The van der Waals surface area contributed by atoms with Gasteiger partial charge in [0.1, 0.15) is 0 Å². The van der Waals surface area contributed by atoms with E-state index in [2.05, 4.69) is 6.92 Å². The lowest BCUT2D eigenvalue weighted by Crippen LogP contribution is -2.21. The van der Waals surface area contributed by atoms with Crippen molar-refractivity contribution in [2.24, 2.45) is 23.7 Å². The molecule has 3 rings (SSSR count). The largest absolute Gasteiger partial charge is 0.204 e. The van der Waals surface area contributed by atoms with E-state index < -0.39 is 11.6 Å². The first-order valence-corrected chi connectivity index (χ1v) is 10.1. The molecule has 2 aliphatic rings. The number of halogens is 2. The third-order valence-corrected chi connectivity index (χ3v) is 6.66. The molecule has 0 radical (unpaired) electrons. The minimum atomic E-state index is -0.739. The van der Waals surface area contributed by atoms with Crippen LogP contribution in [0.4, 0.5) is 8.78 Å².